The molecule has 0 saturated heterocycles. The van der Waals surface area contributed by atoms with Crippen molar-refractivity contribution < 1.29 is 17.9 Å². The van der Waals surface area contributed by atoms with Gasteiger partial charge in [-0.3, -0.25) is 14.7 Å². The van der Waals surface area contributed by atoms with Gasteiger partial charge in [0, 0.05) is 35.7 Å². The lowest BCUT2D eigenvalue weighted by Crippen LogP contribution is -2.12. The number of anilines is 1. The predicted molar refractivity (Wildman–Crippen MR) is 122 cm³/mol. The highest BCUT2D eigenvalue weighted by Gasteiger charge is 2.15. The molecule has 2 aromatic heterocycles. The first kappa shape index (κ1) is 21.3. The summed E-state index contributed by atoms with van der Waals surface area (Å²) in [6.07, 6.45) is 6.07. The summed E-state index contributed by atoms with van der Waals surface area (Å²) in [4.78, 5) is 24.6. The Bertz CT molecular complexity index is 1340. The molecule has 0 radical (unpaired) electrons. The molecule has 0 aliphatic carbocycles. The Morgan fingerprint density at radius 2 is 1.84 bits per heavy atom. The maximum Gasteiger partial charge on any atom is 0.345 e. The van der Waals surface area contributed by atoms with Gasteiger partial charge in [-0.15, -0.1) is 11.3 Å². The molecule has 2 heterocycles. The third-order valence-electron chi connectivity index (χ3n) is 4.17. The number of carbonyl (C=O) groups excluding carboxylic acids is 1. The van der Waals surface area contributed by atoms with Crippen LogP contribution in [0.1, 0.15) is 15.9 Å². The normalized spacial score (nSPS) is 11.4. The number of ether oxygens (including phenoxy) is 1. The van der Waals surface area contributed by atoms with Crippen LogP contribution in [-0.4, -0.2) is 30.6 Å². The van der Waals surface area contributed by atoms with Crippen molar-refractivity contribution in [3.05, 3.63) is 95.8 Å². The summed E-state index contributed by atoms with van der Waals surface area (Å²) in [5.41, 5.74) is 1.46. The van der Waals surface area contributed by atoms with E-state index in [1.54, 1.807) is 66.3 Å². The minimum Gasteiger partial charge on any atom is -0.422 e. The monoisotopic (exact) mass is 464 g/mol. The molecule has 0 amide bonds. The summed E-state index contributed by atoms with van der Waals surface area (Å²) in [5.74, 6) is -0.182. The highest BCUT2D eigenvalue weighted by atomic mass is 32.2. The van der Waals surface area contributed by atoms with Crippen LogP contribution in [-0.2, 0) is 10.0 Å². The van der Waals surface area contributed by atoms with Gasteiger partial charge < -0.3 is 4.74 Å². The lowest BCUT2D eigenvalue weighted by Gasteiger charge is -2.07. The van der Waals surface area contributed by atoms with Crippen LogP contribution in [0.2, 0.25) is 0 Å². The molecule has 32 heavy (non-hydrogen) atoms. The molecule has 0 unspecified atom stereocenters. The van der Waals surface area contributed by atoms with E-state index in [4.69, 9.17) is 4.74 Å². The molecule has 0 bridgehead atoms. The molecule has 0 aliphatic rings. The highest BCUT2D eigenvalue weighted by Crippen LogP contribution is 2.22. The number of hydrogen-bond donors (Lipinski definition) is 1. The van der Waals surface area contributed by atoms with Crippen molar-refractivity contribution in [2.24, 2.45) is 4.99 Å². The second-order valence-electron chi connectivity index (χ2n) is 6.36. The van der Waals surface area contributed by atoms with Crippen LogP contribution in [0.4, 0.5) is 10.8 Å². The van der Waals surface area contributed by atoms with Crippen molar-refractivity contribution in [1.29, 1.82) is 0 Å². The van der Waals surface area contributed by atoms with Gasteiger partial charge in [0.15, 0.2) is 5.13 Å². The summed E-state index contributed by atoms with van der Waals surface area (Å²) < 4.78 is 32.7. The van der Waals surface area contributed by atoms with E-state index in [-0.39, 0.29) is 4.90 Å². The fourth-order valence-electron chi connectivity index (χ4n) is 2.63. The third kappa shape index (κ3) is 5.23. The summed E-state index contributed by atoms with van der Waals surface area (Å²) in [5, 5.41) is 1.98. The molecule has 8 nitrogen and oxygen atoms in total. The van der Waals surface area contributed by atoms with E-state index in [9.17, 15) is 13.2 Å². The molecule has 0 aliphatic heterocycles. The summed E-state index contributed by atoms with van der Waals surface area (Å²) in [7, 11) is -3.73. The van der Waals surface area contributed by atoms with E-state index in [1.165, 1.54) is 35.9 Å². The SMILES string of the molecule is O=C(Oc1ccccc1C=Nc1ccc(S(=O)(=O)Nc2nccs2)cc1)c1cccnc1. The zero-order chi connectivity index (χ0) is 22.4. The van der Waals surface area contributed by atoms with E-state index in [2.05, 4.69) is 19.7 Å². The number of esters is 1. The first-order valence-electron chi connectivity index (χ1n) is 9.29. The minimum absolute atomic E-state index is 0.0949. The Hall–Kier alpha value is -3.89. The number of thiazole rings is 1. The minimum atomic E-state index is -3.73. The van der Waals surface area contributed by atoms with Crippen LogP contribution in [0.15, 0.2) is 94.5 Å². The number of aliphatic imine (C=N–C) groups is 1. The largest absolute Gasteiger partial charge is 0.422 e. The van der Waals surface area contributed by atoms with Gasteiger partial charge in [-0.2, -0.15) is 0 Å². The summed E-state index contributed by atoms with van der Waals surface area (Å²) >= 11 is 1.19. The van der Waals surface area contributed by atoms with Crippen molar-refractivity contribution in [2.75, 3.05) is 4.72 Å². The molecule has 4 rings (SSSR count). The first-order valence-corrected chi connectivity index (χ1v) is 11.7. The van der Waals surface area contributed by atoms with Crippen molar-refractivity contribution in [3.8, 4) is 5.75 Å². The third-order valence-corrected chi connectivity index (χ3v) is 6.35. The zero-order valence-electron chi connectivity index (χ0n) is 16.5. The van der Waals surface area contributed by atoms with Crippen molar-refractivity contribution in [2.45, 2.75) is 4.90 Å². The zero-order valence-corrected chi connectivity index (χ0v) is 18.1. The fourth-order valence-corrected chi connectivity index (χ4v) is 4.41. The Balaban J connectivity index is 1.48. The van der Waals surface area contributed by atoms with E-state index in [1.807, 2.05) is 0 Å². The molecule has 10 heteroatoms. The van der Waals surface area contributed by atoms with E-state index in [0.717, 1.165) is 0 Å². The molecule has 0 saturated carbocycles. The molecule has 1 N–H and O–H groups in total. The molecule has 0 atom stereocenters. The van der Waals surface area contributed by atoms with Crippen LogP contribution in [0.3, 0.4) is 0 Å². The average molecular weight is 465 g/mol. The van der Waals surface area contributed by atoms with Gasteiger partial charge in [0.1, 0.15) is 5.75 Å². The van der Waals surface area contributed by atoms with Crippen molar-refractivity contribution in [1.82, 2.24) is 9.97 Å². The maximum atomic E-state index is 12.4. The van der Waals surface area contributed by atoms with Crippen molar-refractivity contribution >= 4 is 44.4 Å². The average Bonchev–Trinajstić information content (AvgIpc) is 3.32. The number of hydrogen-bond acceptors (Lipinski definition) is 8. The lowest BCUT2D eigenvalue weighted by atomic mass is 10.2. The van der Waals surface area contributed by atoms with Crippen LogP contribution in [0.25, 0.3) is 0 Å². The summed E-state index contributed by atoms with van der Waals surface area (Å²) in [6, 6.07) is 16.3. The number of sulfonamides is 1. The number of carbonyl (C=O) groups is 1. The molecule has 160 valence electrons. The van der Waals surface area contributed by atoms with E-state index in [0.29, 0.717) is 27.7 Å². The highest BCUT2D eigenvalue weighted by molar-refractivity contribution is 7.93. The predicted octanol–water partition coefficient (Wildman–Crippen LogP) is 4.31. The van der Waals surface area contributed by atoms with E-state index < -0.39 is 16.0 Å². The first-order chi connectivity index (χ1) is 15.5. The Morgan fingerprint density at radius 1 is 1.03 bits per heavy atom. The second kappa shape index (κ2) is 9.50. The number of aromatic nitrogens is 2. The Kier molecular flexibility index (Phi) is 6.34. The van der Waals surface area contributed by atoms with Crippen LogP contribution < -0.4 is 9.46 Å². The number of nitrogens with zero attached hydrogens (tertiary/aromatic N) is 3. The van der Waals surface area contributed by atoms with Crippen LogP contribution in [0, 0.1) is 0 Å². The van der Waals surface area contributed by atoms with Gasteiger partial charge in [-0.25, -0.2) is 18.2 Å². The van der Waals surface area contributed by atoms with E-state index >= 15 is 0 Å². The molecular weight excluding hydrogens is 448 g/mol. The Labute approximate surface area is 188 Å². The van der Waals surface area contributed by atoms with Gasteiger partial charge >= 0.3 is 5.97 Å². The van der Waals surface area contributed by atoms with Gasteiger partial charge in [0.05, 0.1) is 16.1 Å². The molecule has 0 spiro atoms. The fraction of sp³-hybridized carbons (Fsp3) is 0. The van der Waals surface area contributed by atoms with Crippen molar-refractivity contribution in [3.63, 3.8) is 0 Å². The topological polar surface area (TPSA) is 111 Å². The molecule has 0 fully saturated rings. The number of pyridine rings is 1. The van der Waals surface area contributed by atoms with Crippen LogP contribution in [0.5, 0.6) is 5.75 Å². The standard InChI is InChI=1S/C22H16N4O4S2/c27-21(17-5-3-11-23-14-17)30-20-6-2-1-4-16(20)15-25-18-7-9-19(10-8-18)32(28,29)26-22-24-12-13-31-22/h1-15H,(H,24,26). The molecular formula is C22H16N4O4S2. The van der Waals surface area contributed by atoms with Gasteiger partial charge in [0.25, 0.3) is 10.0 Å². The number of rotatable bonds is 7. The maximum absolute atomic E-state index is 12.4. The van der Waals surface area contributed by atoms with Crippen LogP contribution >= 0.6 is 11.3 Å². The quantitative estimate of drug-likeness (QED) is 0.248. The molecule has 4 aromatic rings. The number of nitrogens with one attached hydrogen (secondary N) is 1. The van der Waals surface area contributed by atoms with Gasteiger partial charge in [-0.1, -0.05) is 12.1 Å². The number of para-hydroxylation sites is 1. The van der Waals surface area contributed by atoms with Gasteiger partial charge in [-0.05, 0) is 48.5 Å². The smallest absolute Gasteiger partial charge is 0.345 e. The Morgan fingerprint density at radius 3 is 2.56 bits per heavy atom. The second-order valence-corrected chi connectivity index (χ2v) is 8.94. The lowest BCUT2D eigenvalue weighted by molar-refractivity contribution is 0.0734. The molecule has 2 aromatic carbocycles. The number of benzene rings is 2. The summed E-state index contributed by atoms with van der Waals surface area (Å²) in [6.45, 7) is 0. The van der Waals surface area contributed by atoms with Gasteiger partial charge in [0.2, 0.25) is 0 Å².